The first-order valence-corrected chi connectivity index (χ1v) is 10.9. The lowest BCUT2D eigenvalue weighted by Gasteiger charge is -2.29. The van der Waals surface area contributed by atoms with E-state index in [0.29, 0.717) is 19.3 Å². The zero-order chi connectivity index (χ0) is 25.0. The van der Waals surface area contributed by atoms with Gasteiger partial charge in [0.05, 0.1) is 32.7 Å². The van der Waals surface area contributed by atoms with Crippen LogP contribution in [0.25, 0.3) is 0 Å². The average molecular weight is 463 g/mol. The molecule has 10 nitrogen and oxygen atoms in total. The molecule has 0 rings (SSSR count). The van der Waals surface area contributed by atoms with Gasteiger partial charge in [-0.15, -0.1) is 0 Å². The minimum absolute atomic E-state index is 0.0914. The highest BCUT2D eigenvalue weighted by atomic mass is 16.6. The molecule has 0 amide bonds. The zero-order valence-electron chi connectivity index (χ0n) is 19.9. The van der Waals surface area contributed by atoms with E-state index in [-0.39, 0.29) is 19.8 Å². The molecule has 0 fully saturated rings. The molecule has 0 aliphatic rings. The summed E-state index contributed by atoms with van der Waals surface area (Å²) in [7, 11) is 0. The molecule has 0 bridgehead atoms. The van der Waals surface area contributed by atoms with Crippen molar-refractivity contribution in [3.63, 3.8) is 0 Å². The van der Waals surface area contributed by atoms with Crippen molar-refractivity contribution in [2.75, 3.05) is 19.8 Å². The number of carbonyl (C=O) groups is 5. The van der Waals surface area contributed by atoms with Crippen molar-refractivity contribution >= 4 is 29.8 Å². The number of carbonyl (C=O) groups excluding carboxylic acids is 4. The predicted molar refractivity (Wildman–Crippen MR) is 115 cm³/mol. The van der Waals surface area contributed by atoms with Crippen LogP contribution in [-0.2, 0) is 42.9 Å². The lowest BCUT2D eigenvalue weighted by atomic mass is 9.95. The molecule has 32 heavy (non-hydrogen) atoms. The molecule has 186 valence electrons. The third-order valence-corrected chi connectivity index (χ3v) is 3.82. The lowest BCUT2D eigenvalue weighted by molar-refractivity contribution is -0.190. The number of carboxylic acids is 1. The molecule has 0 radical (unpaired) electrons. The molecule has 10 heteroatoms. The minimum atomic E-state index is -2.09. The van der Waals surface area contributed by atoms with Crippen molar-refractivity contribution in [3.05, 3.63) is 0 Å². The van der Waals surface area contributed by atoms with E-state index >= 15 is 0 Å². The fourth-order valence-electron chi connectivity index (χ4n) is 2.27. The second-order valence-electron chi connectivity index (χ2n) is 7.10. The number of aliphatic carboxylic acids is 1. The summed E-state index contributed by atoms with van der Waals surface area (Å²) >= 11 is 0. The van der Waals surface area contributed by atoms with Crippen LogP contribution in [0.3, 0.4) is 0 Å². The Kier molecular flexibility index (Phi) is 18.8. The summed E-state index contributed by atoms with van der Waals surface area (Å²) in [6, 6.07) is 0. The first kappa shape index (κ1) is 31.5. The van der Waals surface area contributed by atoms with Gasteiger partial charge in [0, 0.05) is 13.8 Å². The fourth-order valence-corrected chi connectivity index (χ4v) is 2.27. The molecule has 0 heterocycles. The molecule has 0 atom stereocenters. The monoisotopic (exact) mass is 462 g/mol. The maximum Gasteiger partial charge on any atom is 0.351 e. The second kappa shape index (κ2) is 19.1. The highest BCUT2D eigenvalue weighted by molar-refractivity contribution is 5.92. The van der Waals surface area contributed by atoms with E-state index in [9.17, 15) is 19.2 Å². The number of unbranched alkanes of at least 4 members (excludes halogenated alkanes) is 3. The number of rotatable bonds is 15. The van der Waals surface area contributed by atoms with Crippen LogP contribution < -0.4 is 0 Å². The Morgan fingerprint density at radius 3 is 1.34 bits per heavy atom. The quantitative estimate of drug-likeness (QED) is 0.219. The van der Waals surface area contributed by atoms with E-state index in [4.69, 9.17) is 28.8 Å². The van der Waals surface area contributed by atoms with Crippen LogP contribution in [0.1, 0.15) is 86.0 Å². The summed E-state index contributed by atoms with van der Waals surface area (Å²) in [5.74, 6) is -4.09. The molecule has 1 N–H and O–H groups in total. The highest BCUT2D eigenvalue weighted by Gasteiger charge is 2.48. The van der Waals surface area contributed by atoms with Gasteiger partial charge in [-0.25, -0.2) is 4.79 Å². The molecule has 0 aromatic carbocycles. The summed E-state index contributed by atoms with van der Waals surface area (Å²) < 4.78 is 20.5. The van der Waals surface area contributed by atoms with Crippen molar-refractivity contribution < 1.29 is 48.0 Å². The number of esters is 4. The topological polar surface area (TPSA) is 142 Å². The van der Waals surface area contributed by atoms with Crippen LogP contribution in [0.15, 0.2) is 0 Å². The van der Waals surface area contributed by atoms with Gasteiger partial charge in [0.15, 0.2) is 0 Å². The minimum Gasteiger partial charge on any atom is -0.481 e. The Morgan fingerprint density at radius 1 is 0.688 bits per heavy atom. The van der Waals surface area contributed by atoms with Crippen molar-refractivity contribution in [2.45, 2.75) is 91.6 Å². The van der Waals surface area contributed by atoms with Gasteiger partial charge >= 0.3 is 23.9 Å². The van der Waals surface area contributed by atoms with E-state index < -0.39 is 48.3 Å². The number of hydrogen-bond donors (Lipinski definition) is 1. The highest BCUT2D eigenvalue weighted by Crippen LogP contribution is 2.26. The summed E-state index contributed by atoms with van der Waals surface area (Å²) in [5, 5.41) is 7.42. The third-order valence-electron chi connectivity index (χ3n) is 3.82. The predicted octanol–water partition coefficient (Wildman–Crippen LogP) is 3.19. The first-order chi connectivity index (χ1) is 15.0. The second-order valence-corrected chi connectivity index (χ2v) is 7.10. The van der Waals surface area contributed by atoms with Gasteiger partial charge in [0.25, 0.3) is 5.97 Å². The van der Waals surface area contributed by atoms with Gasteiger partial charge in [-0.1, -0.05) is 40.0 Å². The molecular weight excluding hydrogens is 424 g/mol. The number of hydrogen-bond acceptors (Lipinski definition) is 9. The lowest BCUT2D eigenvalue weighted by Crippen LogP contribution is -2.48. The van der Waals surface area contributed by atoms with E-state index in [0.717, 1.165) is 33.1 Å². The van der Waals surface area contributed by atoms with E-state index in [1.54, 1.807) is 0 Å². The molecule has 0 unspecified atom stereocenters. The Labute approximate surface area is 189 Å². The van der Waals surface area contributed by atoms with E-state index in [2.05, 4.69) is 0 Å². The van der Waals surface area contributed by atoms with Gasteiger partial charge in [-0.05, 0) is 19.3 Å². The van der Waals surface area contributed by atoms with Crippen molar-refractivity contribution in [2.24, 2.45) is 0 Å². The van der Waals surface area contributed by atoms with Crippen LogP contribution in [0.2, 0.25) is 0 Å². The Hall–Kier alpha value is -2.65. The Balaban J connectivity index is 0. The van der Waals surface area contributed by atoms with Crippen LogP contribution in [-0.4, -0.2) is 60.4 Å². The standard InChI is InChI=1S/C20H34O8.C2H4O2/c1-5-8-11-25-17(22)14-20(28-16(4)21,19(24)27-13-10-7-3)15-18(23)26-12-9-6-2;1-2(3)4/h5-15H2,1-4H3;1H3,(H,3,4). The van der Waals surface area contributed by atoms with E-state index in [1.165, 1.54) is 0 Å². The molecule has 0 aliphatic heterocycles. The average Bonchev–Trinajstić information content (AvgIpc) is 2.67. The summed E-state index contributed by atoms with van der Waals surface area (Å²) in [6.45, 7) is 8.42. The largest absolute Gasteiger partial charge is 0.481 e. The fraction of sp³-hybridized carbons (Fsp3) is 0.773. The molecule has 0 saturated carbocycles. The van der Waals surface area contributed by atoms with Gasteiger partial charge in [-0.2, -0.15) is 0 Å². The number of ether oxygens (including phenoxy) is 4. The van der Waals surface area contributed by atoms with Crippen molar-refractivity contribution in [1.82, 2.24) is 0 Å². The molecule has 0 aliphatic carbocycles. The van der Waals surface area contributed by atoms with Crippen LogP contribution in [0.4, 0.5) is 0 Å². The normalized spacial score (nSPS) is 10.3. The smallest absolute Gasteiger partial charge is 0.351 e. The van der Waals surface area contributed by atoms with Crippen molar-refractivity contribution in [3.8, 4) is 0 Å². The summed E-state index contributed by atoms with van der Waals surface area (Å²) in [6.07, 6.45) is 3.14. The van der Waals surface area contributed by atoms with Crippen LogP contribution in [0.5, 0.6) is 0 Å². The van der Waals surface area contributed by atoms with Gasteiger partial charge in [-0.3, -0.25) is 19.2 Å². The summed E-state index contributed by atoms with van der Waals surface area (Å²) in [5.41, 5.74) is -2.09. The Morgan fingerprint density at radius 2 is 1.03 bits per heavy atom. The maximum atomic E-state index is 12.7. The molecule has 0 spiro atoms. The third kappa shape index (κ3) is 17.1. The van der Waals surface area contributed by atoms with Crippen LogP contribution >= 0.6 is 0 Å². The van der Waals surface area contributed by atoms with Gasteiger partial charge in [0.1, 0.15) is 0 Å². The SMILES string of the molecule is CC(=O)O.CCCCOC(=O)CC(CC(=O)OCCCC)(OC(C)=O)C(=O)OCCCC. The van der Waals surface area contributed by atoms with Crippen molar-refractivity contribution in [1.29, 1.82) is 0 Å². The van der Waals surface area contributed by atoms with E-state index in [1.807, 2.05) is 20.8 Å². The molecule has 0 aromatic rings. The first-order valence-electron chi connectivity index (χ1n) is 10.9. The molecule has 0 saturated heterocycles. The van der Waals surface area contributed by atoms with Gasteiger partial charge < -0.3 is 24.1 Å². The zero-order valence-corrected chi connectivity index (χ0v) is 19.9. The maximum absolute atomic E-state index is 12.7. The molecular formula is C22H38O10. The Bertz CT molecular complexity index is 557. The van der Waals surface area contributed by atoms with Gasteiger partial charge in [0.2, 0.25) is 5.60 Å². The van der Waals surface area contributed by atoms with Crippen LogP contribution in [0, 0.1) is 0 Å². The summed E-state index contributed by atoms with van der Waals surface area (Å²) in [4.78, 5) is 57.8. The number of carboxylic acid groups (broad SMARTS) is 1. The molecule has 0 aromatic heterocycles.